The van der Waals surface area contributed by atoms with Crippen LogP contribution < -0.4 is 0 Å². The summed E-state index contributed by atoms with van der Waals surface area (Å²) >= 11 is 0.410. The van der Waals surface area contributed by atoms with Gasteiger partial charge in [0.05, 0.1) is 0 Å². The van der Waals surface area contributed by atoms with E-state index >= 15 is 0 Å². The number of hydrogen-bond donors (Lipinski definition) is 0. The molecule has 0 fully saturated rings. The monoisotopic (exact) mass is 179 g/mol. The molecule has 0 bridgehead atoms. The first-order valence-corrected chi connectivity index (χ1v) is 2.29. The van der Waals surface area contributed by atoms with E-state index in [4.69, 9.17) is 5.26 Å². The maximum atomic E-state index is 7.40. The zero-order valence-corrected chi connectivity index (χ0v) is 7.83. The van der Waals surface area contributed by atoms with Crippen molar-refractivity contribution < 1.29 is 33.6 Å². The van der Waals surface area contributed by atoms with E-state index in [2.05, 4.69) is 0 Å². The fraction of sp³-hybridized carbons (Fsp3) is 0. The van der Waals surface area contributed by atoms with Crippen molar-refractivity contribution in [3.8, 4) is 0.164 Å². The van der Waals surface area contributed by atoms with Crippen LogP contribution in [0.2, 0.25) is 0 Å². The Hall–Kier alpha value is 2.14. The van der Waals surface area contributed by atoms with Gasteiger partial charge in [-0.05, 0) is 0 Å². The molecule has 0 unspecified atom stereocenters. The Kier molecular flexibility index (Phi) is 51.7. The first-order chi connectivity index (χ1) is 1.41. The van der Waals surface area contributed by atoms with E-state index in [1.807, 2.05) is 0.164 Å². The van der Waals surface area contributed by atoms with E-state index in [9.17, 15) is 0 Å². The zero-order valence-electron chi connectivity index (χ0n) is 2.62. The van der Waals surface area contributed by atoms with Crippen molar-refractivity contribution in [1.29, 1.82) is 5.26 Å². The standard InChI is InChI=1S/CN.Fe.K.Ni/c1-2;;;. The minimum atomic E-state index is 0. The smallest absolute Gasteiger partial charge is 0 e. The summed E-state index contributed by atoms with van der Waals surface area (Å²) in [7, 11) is 0. The topological polar surface area (TPSA) is 23.8 Å². The van der Waals surface area contributed by atoms with Gasteiger partial charge in [0.2, 0.25) is 0 Å². The summed E-state index contributed by atoms with van der Waals surface area (Å²) in [4.78, 5) is 0. The summed E-state index contributed by atoms with van der Waals surface area (Å²) in [5, 5.41) is 7.40. The van der Waals surface area contributed by atoms with Gasteiger partial charge in [-0.25, -0.2) is 0 Å². The van der Waals surface area contributed by atoms with E-state index in [1.165, 1.54) is 0 Å². The maximum Gasteiger partial charge on any atom is 0 e. The van der Waals surface area contributed by atoms with E-state index in [-0.39, 0.29) is 33.6 Å². The first kappa shape index (κ1) is 15.7. The molecule has 0 saturated heterocycles. The van der Waals surface area contributed by atoms with E-state index in [0.717, 1.165) is 0 Å². The largest absolute Gasteiger partial charge is 0 e. The quantitative estimate of drug-likeness (QED) is 0.466. The van der Waals surface area contributed by atoms with E-state index in [0.29, 0.717) is 49.0 Å². The number of nitrogens with zero attached hydrogens (tertiary/aromatic N) is 1. The molecular formula is CFeKNNi. The van der Waals surface area contributed by atoms with Crippen LogP contribution in [0.3, 0.4) is 0 Å². The predicted molar refractivity (Wildman–Crippen MR) is 11.4 cm³/mol. The minimum Gasteiger partial charge on any atom is 0 e. The van der Waals surface area contributed by atoms with Crippen molar-refractivity contribution in [1.82, 2.24) is 0 Å². The molecule has 0 radical (unpaired) electrons. The molecule has 0 rings (SSSR count). The van der Waals surface area contributed by atoms with Crippen molar-refractivity contribution in [3.05, 3.63) is 0 Å². The first-order valence-electron chi connectivity index (χ1n) is 0.724. The van der Waals surface area contributed by atoms with Gasteiger partial charge in [-0.15, -0.1) is 0 Å². The number of hydrogen-bond acceptors (Lipinski definition) is 1. The third-order valence-corrected chi connectivity index (χ3v) is 0. The van der Waals surface area contributed by atoms with Gasteiger partial charge in [-0.2, -0.15) is 0 Å². The molecule has 0 aliphatic carbocycles. The second kappa shape index (κ2) is 16.5. The van der Waals surface area contributed by atoms with Gasteiger partial charge in [-0.1, -0.05) is 0 Å². The Morgan fingerprint density at radius 3 is 1.60 bits per heavy atom. The zero-order chi connectivity index (χ0) is 2.71. The molecule has 0 aliphatic heterocycles. The summed E-state index contributed by atoms with van der Waals surface area (Å²) < 4.78 is 1.94. The minimum absolute atomic E-state index is 0. The summed E-state index contributed by atoms with van der Waals surface area (Å²) in [5.74, 6) is 0. The predicted octanol–water partition coefficient (Wildman–Crippen LogP) is -0.369. The molecule has 0 N–H and O–H groups in total. The number of nitriles is 1. The van der Waals surface area contributed by atoms with Crippen LogP contribution in [-0.4, -0.2) is 49.0 Å². The second-order valence-corrected chi connectivity index (χ2v) is 0.922. The van der Waals surface area contributed by atoms with Crippen molar-refractivity contribution in [3.63, 3.8) is 0 Å². The van der Waals surface area contributed by atoms with Crippen molar-refractivity contribution in [2.45, 2.75) is 0 Å². The van der Waals surface area contributed by atoms with Gasteiger partial charge in [0.15, 0.2) is 0 Å². The molecule has 0 aliphatic rings. The third-order valence-electron chi connectivity index (χ3n) is 0. The Morgan fingerprint density at radius 1 is 1.60 bits per heavy atom. The molecule has 1 nitrogen and oxygen atoms in total. The van der Waals surface area contributed by atoms with Crippen LogP contribution in [0.4, 0.5) is 0 Å². The van der Waals surface area contributed by atoms with Crippen LogP contribution in [0.5, 0.6) is 0 Å². The van der Waals surface area contributed by atoms with Gasteiger partial charge >= 0.3 is 54.4 Å². The van der Waals surface area contributed by atoms with Gasteiger partial charge in [-0.3, -0.25) is 0 Å². The molecule has 0 heterocycles. The van der Waals surface area contributed by atoms with Crippen molar-refractivity contribution in [2.24, 2.45) is 0 Å². The van der Waals surface area contributed by atoms with Crippen molar-refractivity contribution in [2.75, 3.05) is 0 Å². The molecule has 0 aromatic heterocycles. The second-order valence-electron chi connectivity index (χ2n) is 0.224. The fourth-order valence-electron chi connectivity index (χ4n) is 0. The Morgan fingerprint density at radius 2 is 1.60 bits per heavy atom. The molecule has 0 aromatic rings. The molecule has 0 aromatic carbocycles. The molecule has 0 saturated carbocycles. The molecule has 4 heteroatoms. The van der Waals surface area contributed by atoms with Gasteiger partial charge in [0.25, 0.3) is 0 Å². The Bertz CT molecular complexity index is 33.1. The Balaban J connectivity index is -0.0000000200. The third kappa shape index (κ3) is 23.0. The average Bonchev–Trinajstić information content (AvgIpc) is 0.918. The summed E-state index contributed by atoms with van der Waals surface area (Å²) in [6, 6.07) is 0. The summed E-state index contributed by atoms with van der Waals surface area (Å²) in [6.45, 7) is 0. The maximum absolute atomic E-state index is 7.40. The SMILES string of the molecule is N#[C][K].[Fe].[Ni]. The van der Waals surface area contributed by atoms with Crippen LogP contribution in [0.1, 0.15) is 0 Å². The van der Waals surface area contributed by atoms with Gasteiger partial charge in [0.1, 0.15) is 0 Å². The summed E-state index contributed by atoms with van der Waals surface area (Å²) in [6.07, 6.45) is 0. The number of rotatable bonds is 0. The normalized spacial score (nSPS) is 1.80. The van der Waals surface area contributed by atoms with Gasteiger partial charge in [0, 0.05) is 33.6 Å². The van der Waals surface area contributed by atoms with E-state index < -0.39 is 0 Å². The fourth-order valence-corrected chi connectivity index (χ4v) is 0. The van der Waals surface area contributed by atoms with Crippen LogP contribution in [-0.2, 0) is 33.6 Å². The van der Waals surface area contributed by atoms with E-state index in [1.54, 1.807) is 0 Å². The average molecular weight is 180 g/mol. The van der Waals surface area contributed by atoms with Gasteiger partial charge < -0.3 is 0 Å². The van der Waals surface area contributed by atoms with Crippen LogP contribution in [0.15, 0.2) is 0 Å². The molecule has 0 amide bonds. The van der Waals surface area contributed by atoms with Crippen LogP contribution in [0.25, 0.3) is 0 Å². The molecular weight excluding hydrogens is 180 g/mol. The van der Waals surface area contributed by atoms with Crippen LogP contribution in [0, 0.1) is 5.43 Å². The Labute approximate surface area is 85.9 Å². The molecule has 0 atom stereocenters. The summed E-state index contributed by atoms with van der Waals surface area (Å²) in [5.41, 5.74) is 0. The van der Waals surface area contributed by atoms with Crippen LogP contribution >= 0.6 is 0 Å². The molecule has 5 heavy (non-hydrogen) atoms. The van der Waals surface area contributed by atoms with Crippen molar-refractivity contribution >= 4 is 49.0 Å². The molecule has 28 valence electrons. The molecule has 0 spiro atoms.